The van der Waals surface area contributed by atoms with Crippen molar-refractivity contribution in [3.63, 3.8) is 0 Å². The molecule has 7 heteroatoms. The van der Waals surface area contributed by atoms with Crippen molar-refractivity contribution < 1.29 is 9.94 Å². The Hall–Kier alpha value is -2.34. The number of hydrogen-bond acceptors (Lipinski definition) is 5. The van der Waals surface area contributed by atoms with E-state index in [0.29, 0.717) is 16.3 Å². The fraction of sp³-hybridized carbons (Fsp3) is 0.214. The molecule has 2 rings (SSSR count). The van der Waals surface area contributed by atoms with Crippen LogP contribution in [0.25, 0.3) is 0 Å². The second-order valence-corrected chi connectivity index (χ2v) is 4.93. The highest BCUT2D eigenvalue weighted by molar-refractivity contribution is 6.30. The number of nitrogens with two attached hydrogens (primary N) is 1. The van der Waals surface area contributed by atoms with Crippen LogP contribution in [0.4, 0.5) is 0 Å². The Morgan fingerprint density at radius 3 is 2.81 bits per heavy atom. The third kappa shape index (κ3) is 3.41. The molecule has 0 fully saturated rings. The van der Waals surface area contributed by atoms with E-state index in [2.05, 4.69) is 15.4 Å². The first kappa shape index (κ1) is 15.1. The monoisotopic (exact) mass is 306 g/mol. The predicted molar refractivity (Wildman–Crippen MR) is 79.8 cm³/mol. The van der Waals surface area contributed by atoms with Crippen molar-refractivity contribution in [2.75, 3.05) is 0 Å². The van der Waals surface area contributed by atoms with E-state index in [1.165, 1.54) is 0 Å². The Balaban J connectivity index is 2.30. The second-order valence-electron chi connectivity index (χ2n) is 4.49. The van der Waals surface area contributed by atoms with Gasteiger partial charge in [0.1, 0.15) is 6.61 Å². The smallest absolute Gasteiger partial charge is 0.245 e. The van der Waals surface area contributed by atoms with Gasteiger partial charge in [0.15, 0.2) is 5.84 Å². The van der Waals surface area contributed by atoms with E-state index < -0.39 is 0 Å². The first-order chi connectivity index (χ1) is 10.0. The number of nitrogens with zero attached hydrogens (tertiary/aromatic N) is 3. The molecule has 0 spiro atoms. The van der Waals surface area contributed by atoms with Crippen molar-refractivity contribution in [2.24, 2.45) is 10.9 Å². The molecule has 1 heterocycles. The minimum absolute atomic E-state index is 0.0633. The molecule has 21 heavy (non-hydrogen) atoms. The number of rotatable bonds is 4. The summed E-state index contributed by atoms with van der Waals surface area (Å²) in [4.78, 5) is 0. The number of halogens is 1. The molecule has 1 aromatic carbocycles. The molecule has 0 saturated heterocycles. The molecular weight excluding hydrogens is 292 g/mol. The highest BCUT2D eigenvalue weighted by Gasteiger charge is 2.16. The van der Waals surface area contributed by atoms with Gasteiger partial charge in [-0.25, -0.2) is 0 Å². The van der Waals surface area contributed by atoms with Crippen molar-refractivity contribution in [1.29, 1.82) is 0 Å². The molecule has 1 aromatic heterocycles. The van der Waals surface area contributed by atoms with Crippen LogP contribution in [0.15, 0.2) is 29.4 Å². The summed E-state index contributed by atoms with van der Waals surface area (Å²) < 4.78 is 5.63. The SMILES string of the molecule is Cc1nnc(OCc2cccc(Cl)c2)c(C(N)=NO)c1C. The third-order valence-electron chi connectivity index (χ3n) is 3.05. The molecule has 110 valence electrons. The van der Waals surface area contributed by atoms with E-state index in [0.717, 1.165) is 11.1 Å². The van der Waals surface area contributed by atoms with Crippen molar-refractivity contribution in [3.05, 3.63) is 51.7 Å². The topological polar surface area (TPSA) is 93.6 Å². The minimum atomic E-state index is -0.0633. The van der Waals surface area contributed by atoms with Gasteiger partial charge in [-0.3, -0.25) is 0 Å². The maximum Gasteiger partial charge on any atom is 0.245 e. The normalized spacial score (nSPS) is 11.5. The molecule has 2 aromatic rings. The van der Waals surface area contributed by atoms with Crippen LogP contribution >= 0.6 is 11.6 Å². The molecule has 0 saturated carbocycles. The van der Waals surface area contributed by atoms with Gasteiger partial charge in [0.05, 0.1) is 11.3 Å². The lowest BCUT2D eigenvalue weighted by Crippen LogP contribution is -2.19. The van der Waals surface area contributed by atoms with Crippen LogP contribution in [-0.4, -0.2) is 21.2 Å². The van der Waals surface area contributed by atoms with Crippen molar-refractivity contribution >= 4 is 17.4 Å². The number of aromatic nitrogens is 2. The van der Waals surface area contributed by atoms with Gasteiger partial charge in [-0.15, -0.1) is 5.10 Å². The maximum absolute atomic E-state index is 8.89. The zero-order valence-electron chi connectivity index (χ0n) is 11.7. The molecule has 0 atom stereocenters. The number of hydrogen-bond donors (Lipinski definition) is 2. The lowest BCUT2D eigenvalue weighted by atomic mass is 10.1. The lowest BCUT2D eigenvalue weighted by Gasteiger charge is -2.12. The van der Waals surface area contributed by atoms with Gasteiger partial charge in [0.25, 0.3) is 0 Å². The van der Waals surface area contributed by atoms with Crippen LogP contribution in [-0.2, 0) is 6.61 Å². The molecule has 0 amide bonds. The van der Waals surface area contributed by atoms with Gasteiger partial charge >= 0.3 is 0 Å². The summed E-state index contributed by atoms with van der Waals surface area (Å²) in [5.74, 6) is 0.153. The Labute approximate surface area is 127 Å². The van der Waals surface area contributed by atoms with Gasteiger partial charge < -0.3 is 15.7 Å². The summed E-state index contributed by atoms with van der Waals surface area (Å²) in [6.45, 7) is 3.85. The van der Waals surface area contributed by atoms with Gasteiger partial charge in [-0.05, 0) is 37.1 Å². The predicted octanol–water partition coefficient (Wildman–Crippen LogP) is 2.42. The van der Waals surface area contributed by atoms with Gasteiger partial charge in [0.2, 0.25) is 5.88 Å². The van der Waals surface area contributed by atoms with Crippen molar-refractivity contribution in [2.45, 2.75) is 20.5 Å². The Kier molecular flexibility index (Phi) is 4.59. The lowest BCUT2D eigenvalue weighted by molar-refractivity contribution is 0.287. The molecular formula is C14H15ClN4O2. The maximum atomic E-state index is 8.89. The van der Waals surface area contributed by atoms with Gasteiger partial charge in [-0.2, -0.15) is 5.10 Å². The number of oxime groups is 1. The van der Waals surface area contributed by atoms with Crippen molar-refractivity contribution in [1.82, 2.24) is 10.2 Å². The highest BCUT2D eigenvalue weighted by atomic mass is 35.5. The summed E-state index contributed by atoms with van der Waals surface area (Å²) in [5, 5.41) is 20.5. The standard InChI is InChI=1S/C14H15ClN4O2/c1-8-9(2)17-18-14(12(8)13(16)19-20)21-7-10-4-3-5-11(15)6-10/h3-6,20H,7H2,1-2H3,(H2,16,19). The Morgan fingerprint density at radius 2 is 2.14 bits per heavy atom. The summed E-state index contributed by atoms with van der Waals surface area (Å²) >= 11 is 5.92. The van der Waals surface area contributed by atoms with E-state index in [1.807, 2.05) is 19.1 Å². The van der Waals surface area contributed by atoms with Crippen LogP contribution < -0.4 is 10.5 Å². The van der Waals surface area contributed by atoms with Crippen LogP contribution in [0.1, 0.15) is 22.4 Å². The summed E-state index contributed by atoms with van der Waals surface area (Å²) in [6.07, 6.45) is 0. The first-order valence-corrected chi connectivity index (χ1v) is 6.59. The first-order valence-electron chi connectivity index (χ1n) is 6.22. The summed E-state index contributed by atoms with van der Waals surface area (Å²) in [7, 11) is 0. The average molecular weight is 307 g/mol. The van der Waals surface area contributed by atoms with Crippen LogP contribution in [0, 0.1) is 13.8 Å². The zero-order valence-corrected chi connectivity index (χ0v) is 12.4. The number of aryl methyl sites for hydroxylation is 1. The van der Waals surface area contributed by atoms with E-state index in [-0.39, 0.29) is 18.3 Å². The van der Waals surface area contributed by atoms with Gasteiger partial charge in [-0.1, -0.05) is 28.9 Å². The molecule has 0 aliphatic rings. The van der Waals surface area contributed by atoms with E-state index in [1.54, 1.807) is 19.1 Å². The van der Waals surface area contributed by atoms with E-state index in [9.17, 15) is 0 Å². The largest absolute Gasteiger partial charge is 0.471 e. The van der Waals surface area contributed by atoms with Crippen LogP contribution in [0.5, 0.6) is 5.88 Å². The molecule has 0 radical (unpaired) electrons. The number of ether oxygens (including phenoxy) is 1. The summed E-state index contributed by atoms with van der Waals surface area (Å²) in [5.41, 5.74) is 8.45. The second kappa shape index (κ2) is 6.41. The summed E-state index contributed by atoms with van der Waals surface area (Å²) in [6, 6.07) is 7.28. The average Bonchev–Trinajstić information content (AvgIpc) is 2.48. The minimum Gasteiger partial charge on any atom is -0.471 e. The number of benzene rings is 1. The highest BCUT2D eigenvalue weighted by Crippen LogP contribution is 2.21. The molecule has 6 nitrogen and oxygen atoms in total. The fourth-order valence-electron chi connectivity index (χ4n) is 1.82. The van der Waals surface area contributed by atoms with E-state index in [4.69, 9.17) is 27.3 Å². The third-order valence-corrected chi connectivity index (χ3v) is 3.29. The molecule has 0 aliphatic carbocycles. The molecule has 0 unspecified atom stereocenters. The van der Waals surface area contributed by atoms with Crippen molar-refractivity contribution in [3.8, 4) is 5.88 Å². The fourth-order valence-corrected chi connectivity index (χ4v) is 2.03. The van der Waals surface area contributed by atoms with Crippen LogP contribution in [0.3, 0.4) is 0 Å². The molecule has 3 N–H and O–H groups in total. The molecule has 0 aliphatic heterocycles. The Bertz CT molecular complexity index is 689. The quantitative estimate of drug-likeness (QED) is 0.391. The molecule has 0 bridgehead atoms. The van der Waals surface area contributed by atoms with E-state index >= 15 is 0 Å². The Morgan fingerprint density at radius 1 is 1.38 bits per heavy atom. The van der Waals surface area contributed by atoms with Crippen LogP contribution in [0.2, 0.25) is 5.02 Å². The zero-order chi connectivity index (χ0) is 15.4. The van der Waals surface area contributed by atoms with Gasteiger partial charge in [0, 0.05) is 5.02 Å². The number of amidine groups is 1.